The van der Waals surface area contributed by atoms with Gasteiger partial charge in [0.05, 0.1) is 6.61 Å². The van der Waals surface area contributed by atoms with E-state index in [1.54, 1.807) is 0 Å². The zero-order valence-electron chi connectivity index (χ0n) is 17.8. The van der Waals surface area contributed by atoms with Crippen molar-refractivity contribution in [3.63, 3.8) is 0 Å². The molecule has 0 spiro atoms. The summed E-state index contributed by atoms with van der Waals surface area (Å²) in [7, 11) is 0. The Morgan fingerprint density at radius 2 is 1.73 bits per heavy atom. The standard InChI is InChI=1S/C24H24BrF2I2O2PS/c25-13-14-30-19-4-1-17(2-5-19)23-21(16-9-11-24(26,27)12-10-16)7-3-18-15-20(6-8-22(18)23)31-33-32(28)29/h1-2,4-6,8,15-16H,3,7,9-14H2. The quantitative estimate of drug-likeness (QED) is 0.115. The number of rotatable bonds is 8. The molecule has 0 saturated heterocycles. The molecule has 0 atom stereocenters. The van der Waals surface area contributed by atoms with Gasteiger partial charge in [0.15, 0.2) is 0 Å². The molecule has 1 saturated carbocycles. The summed E-state index contributed by atoms with van der Waals surface area (Å²) in [6.07, 6.45) is 2.90. The van der Waals surface area contributed by atoms with Crippen LogP contribution in [0.2, 0.25) is 0 Å². The van der Waals surface area contributed by atoms with Gasteiger partial charge in [0.2, 0.25) is 5.92 Å². The second kappa shape index (κ2) is 12.1. The highest BCUT2D eigenvalue weighted by molar-refractivity contribution is 14.3. The van der Waals surface area contributed by atoms with Gasteiger partial charge in [-0.2, -0.15) is 0 Å². The molecule has 33 heavy (non-hydrogen) atoms. The predicted octanol–water partition coefficient (Wildman–Crippen LogP) is 10.2. The molecule has 0 aromatic heterocycles. The molecule has 0 bridgehead atoms. The molecule has 0 aliphatic heterocycles. The SMILES string of the molecule is FC1(F)CCC(C2=C(c3ccc(OCCBr)cc3)c3ccc(OSP(I)I)cc3CC2)CC1. The lowest BCUT2D eigenvalue weighted by atomic mass is 9.72. The Morgan fingerprint density at radius 1 is 1.03 bits per heavy atom. The molecule has 0 radical (unpaired) electrons. The van der Waals surface area contributed by atoms with Crippen LogP contribution in [0.4, 0.5) is 8.78 Å². The molecule has 0 amide bonds. The summed E-state index contributed by atoms with van der Waals surface area (Å²) in [5.41, 5.74) is 6.13. The Morgan fingerprint density at radius 3 is 2.39 bits per heavy atom. The van der Waals surface area contributed by atoms with Crippen molar-refractivity contribution in [3.05, 3.63) is 64.7 Å². The van der Waals surface area contributed by atoms with E-state index >= 15 is 0 Å². The molecule has 9 heteroatoms. The molecule has 0 N–H and O–H groups in total. The van der Waals surface area contributed by atoms with Crippen molar-refractivity contribution in [1.82, 2.24) is 0 Å². The average molecular weight is 779 g/mol. The zero-order valence-corrected chi connectivity index (χ0v) is 25.4. The maximum absolute atomic E-state index is 13.9. The lowest BCUT2D eigenvalue weighted by molar-refractivity contribution is -0.0423. The summed E-state index contributed by atoms with van der Waals surface area (Å²) in [5.74, 6) is -0.592. The lowest BCUT2D eigenvalue weighted by Crippen LogP contribution is -2.26. The van der Waals surface area contributed by atoms with Crippen molar-refractivity contribution >= 4 is 79.7 Å². The first-order chi connectivity index (χ1) is 15.9. The van der Waals surface area contributed by atoms with Crippen molar-refractivity contribution in [1.29, 1.82) is 0 Å². The van der Waals surface area contributed by atoms with Gasteiger partial charge in [0.25, 0.3) is 0 Å². The molecule has 2 aromatic carbocycles. The number of alkyl halides is 3. The van der Waals surface area contributed by atoms with E-state index in [0.29, 0.717) is 19.4 Å². The smallest absolute Gasteiger partial charge is 0.248 e. The lowest BCUT2D eigenvalue weighted by Gasteiger charge is -2.34. The number of aryl methyl sites for hydroxylation is 1. The van der Waals surface area contributed by atoms with Crippen molar-refractivity contribution in [2.24, 2.45) is 5.92 Å². The molecule has 0 heterocycles. The maximum Gasteiger partial charge on any atom is 0.248 e. The highest BCUT2D eigenvalue weighted by Gasteiger charge is 2.37. The second-order valence-electron chi connectivity index (χ2n) is 8.27. The first-order valence-electron chi connectivity index (χ1n) is 10.9. The van der Waals surface area contributed by atoms with Crippen LogP contribution in [0, 0.1) is 5.92 Å². The Bertz CT molecular complexity index is 994. The summed E-state index contributed by atoms with van der Waals surface area (Å²) in [4.78, 5) is 0. The van der Waals surface area contributed by atoms with Crippen molar-refractivity contribution in [2.45, 2.75) is 44.4 Å². The predicted molar refractivity (Wildman–Crippen MR) is 157 cm³/mol. The third kappa shape index (κ3) is 6.98. The van der Waals surface area contributed by atoms with Crippen LogP contribution in [0.15, 0.2) is 48.0 Å². The topological polar surface area (TPSA) is 18.5 Å². The Kier molecular flexibility index (Phi) is 9.66. The van der Waals surface area contributed by atoms with Crippen LogP contribution in [0.25, 0.3) is 5.57 Å². The van der Waals surface area contributed by atoms with Crippen molar-refractivity contribution < 1.29 is 17.7 Å². The van der Waals surface area contributed by atoms with E-state index in [2.05, 4.69) is 84.3 Å². The second-order valence-corrected chi connectivity index (χ2v) is 26.6. The van der Waals surface area contributed by atoms with Gasteiger partial charge < -0.3 is 8.92 Å². The molecule has 0 unspecified atom stereocenters. The summed E-state index contributed by atoms with van der Waals surface area (Å²) < 4.78 is 39.1. The van der Waals surface area contributed by atoms with Crippen LogP contribution >= 0.6 is 74.1 Å². The van der Waals surface area contributed by atoms with Crippen LogP contribution in [-0.2, 0) is 6.42 Å². The molecular formula is C24H24BrF2I2O2PS. The van der Waals surface area contributed by atoms with E-state index in [4.69, 9.17) is 8.92 Å². The van der Waals surface area contributed by atoms with Gasteiger partial charge in [-0.25, -0.2) is 8.78 Å². The highest BCUT2D eigenvalue weighted by atomic mass is 127. The number of benzene rings is 2. The number of ether oxygens (including phenoxy) is 1. The third-order valence-corrected chi connectivity index (χ3v) is 10.4. The monoisotopic (exact) mass is 778 g/mol. The minimum atomic E-state index is -2.52. The number of hydrogen-bond donors (Lipinski definition) is 0. The van der Waals surface area contributed by atoms with Gasteiger partial charge in [0.1, 0.15) is 25.6 Å². The minimum Gasteiger partial charge on any atom is -0.493 e. The van der Waals surface area contributed by atoms with Gasteiger partial charge in [-0.1, -0.05) is 39.7 Å². The maximum atomic E-state index is 13.9. The Balaban J connectivity index is 1.70. The van der Waals surface area contributed by atoms with E-state index < -0.39 is 5.92 Å². The van der Waals surface area contributed by atoms with E-state index in [0.717, 1.165) is 35.2 Å². The van der Waals surface area contributed by atoms with Crippen LogP contribution in [0.1, 0.15) is 48.8 Å². The third-order valence-electron chi connectivity index (χ3n) is 6.22. The minimum absolute atomic E-state index is 0.0137. The average Bonchev–Trinajstić information content (AvgIpc) is 2.81. The summed E-state index contributed by atoms with van der Waals surface area (Å²) >= 11 is 9.65. The van der Waals surface area contributed by atoms with Gasteiger partial charge in [0, 0.05) is 18.2 Å². The summed E-state index contributed by atoms with van der Waals surface area (Å²) in [5, 5.41) is 0.781. The molecular weight excluding hydrogens is 755 g/mol. The Labute approximate surface area is 233 Å². The van der Waals surface area contributed by atoms with Gasteiger partial charge >= 0.3 is 0 Å². The first kappa shape index (κ1) is 26.4. The van der Waals surface area contributed by atoms with Gasteiger partial charge in [-0.15, -0.1) is 0 Å². The van der Waals surface area contributed by atoms with E-state index in [1.807, 2.05) is 18.2 Å². The molecule has 178 valence electrons. The fraction of sp³-hybridized carbons (Fsp3) is 0.417. The number of hydrogen-bond acceptors (Lipinski definition) is 3. The molecule has 2 nitrogen and oxygen atoms in total. The molecule has 2 aromatic rings. The largest absolute Gasteiger partial charge is 0.493 e. The van der Waals surface area contributed by atoms with Crippen molar-refractivity contribution in [3.8, 4) is 11.5 Å². The summed E-state index contributed by atoms with van der Waals surface area (Å²) in [6, 6.07) is 14.5. The van der Waals surface area contributed by atoms with Crippen LogP contribution in [0.5, 0.6) is 11.5 Å². The highest BCUT2D eigenvalue weighted by Crippen LogP contribution is 2.64. The number of allylic oxidation sites excluding steroid dienone is 1. The zero-order chi connectivity index (χ0) is 23.4. The van der Waals surface area contributed by atoms with E-state index in [1.165, 1.54) is 33.9 Å². The van der Waals surface area contributed by atoms with Crippen LogP contribution in [-0.4, -0.2) is 17.9 Å². The van der Waals surface area contributed by atoms with Crippen LogP contribution in [0.3, 0.4) is 0 Å². The number of fused-ring (bicyclic) bond motifs is 1. The fourth-order valence-corrected chi connectivity index (χ4v) is 7.01. The molecule has 4 rings (SSSR count). The first-order valence-corrected chi connectivity index (χ1v) is 20.2. The Hall–Kier alpha value is 0.360. The van der Waals surface area contributed by atoms with E-state index in [9.17, 15) is 8.78 Å². The number of halogens is 5. The van der Waals surface area contributed by atoms with E-state index in [-0.39, 0.29) is 21.2 Å². The summed E-state index contributed by atoms with van der Waals surface area (Å²) in [6.45, 7) is 0.615. The normalized spacial score (nSPS) is 18.4. The van der Waals surface area contributed by atoms with Crippen molar-refractivity contribution in [2.75, 3.05) is 11.9 Å². The molecule has 2 aliphatic carbocycles. The molecule has 1 fully saturated rings. The van der Waals surface area contributed by atoms with Gasteiger partial charge in [-0.05, 0) is 122 Å². The van der Waals surface area contributed by atoms with Gasteiger partial charge in [-0.3, -0.25) is 0 Å². The fourth-order valence-electron chi connectivity index (χ4n) is 4.72. The molecule has 2 aliphatic rings. The van der Waals surface area contributed by atoms with Crippen LogP contribution < -0.4 is 8.92 Å².